The molecule has 5 nitrogen and oxygen atoms in total. The van der Waals surface area contributed by atoms with Crippen LogP contribution < -0.4 is 9.62 Å². The van der Waals surface area contributed by atoms with Crippen LogP contribution in [0.4, 0.5) is 11.4 Å². The van der Waals surface area contributed by atoms with E-state index in [1.807, 2.05) is 26.0 Å². The van der Waals surface area contributed by atoms with Crippen molar-refractivity contribution in [2.75, 3.05) is 16.2 Å². The lowest BCUT2D eigenvalue weighted by Gasteiger charge is -2.24. The van der Waals surface area contributed by atoms with Crippen molar-refractivity contribution in [3.8, 4) is 0 Å². The van der Waals surface area contributed by atoms with Crippen LogP contribution in [0.25, 0.3) is 0 Å². The maximum absolute atomic E-state index is 13.3. The Bertz CT molecular complexity index is 1110. The van der Waals surface area contributed by atoms with E-state index in [1.54, 1.807) is 60.7 Å². The molecule has 7 heteroatoms. The fourth-order valence-corrected chi connectivity index (χ4v) is 4.55. The van der Waals surface area contributed by atoms with Gasteiger partial charge in [-0.2, -0.15) is 0 Å². The average Bonchev–Trinajstić information content (AvgIpc) is 2.68. The molecule has 0 spiro atoms. The van der Waals surface area contributed by atoms with Gasteiger partial charge in [0.2, 0.25) is 5.91 Å². The number of sulfonamides is 1. The third-order valence-corrected chi connectivity index (χ3v) is 6.61. The third-order valence-electron chi connectivity index (χ3n) is 4.33. The van der Waals surface area contributed by atoms with Gasteiger partial charge in [-0.3, -0.25) is 9.10 Å². The van der Waals surface area contributed by atoms with E-state index >= 15 is 0 Å². The van der Waals surface area contributed by atoms with Crippen LogP contribution in [0.5, 0.6) is 0 Å². The fraction of sp³-hybridized carbons (Fsp3) is 0.136. The lowest BCUT2D eigenvalue weighted by molar-refractivity contribution is -0.114. The highest BCUT2D eigenvalue weighted by Gasteiger charge is 2.27. The van der Waals surface area contributed by atoms with Crippen LogP contribution in [0.2, 0.25) is 0 Å². The van der Waals surface area contributed by atoms with Crippen LogP contribution in [-0.2, 0) is 14.8 Å². The van der Waals surface area contributed by atoms with Gasteiger partial charge in [-0.25, -0.2) is 8.42 Å². The number of benzene rings is 3. The largest absolute Gasteiger partial charge is 0.325 e. The smallest absolute Gasteiger partial charge is 0.264 e. The van der Waals surface area contributed by atoms with Crippen LogP contribution in [0.1, 0.15) is 11.1 Å². The molecule has 0 radical (unpaired) electrons. The van der Waals surface area contributed by atoms with Gasteiger partial charge in [-0.05, 0) is 56.3 Å². The van der Waals surface area contributed by atoms with E-state index in [1.165, 1.54) is 0 Å². The summed E-state index contributed by atoms with van der Waals surface area (Å²) in [5, 5.41) is 2.76. The molecule has 1 amide bonds. The lowest BCUT2D eigenvalue weighted by Crippen LogP contribution is -2.38. The zero-order valence-corrected chi connectivity index (χ0v) is 18.5. The molecular weight excluding hydrogens is 452 g/mol. The van der Waals surface area contributed by atoms with Crippen LogP contribution in [-0.4, -0.2) is 20.9 Å². The summed E-state index contributed by atoms with van der Waals surface area (Å²) in [6.07, 6.45) is 0. The maximum Gasteiger partial charge on any atom is 0.264 e. The molecule has 3 rings (SSSR count). The van der Waals surface area contributed by atoms with Crippen LogP contribution in [0.3, 0.4) is 0 Å². The van der Waals surface area contributed by atoms with E-state index in [4.69, 9.17) is 0 Å². The topological polar surface area (TPSA) is 66.5 Å². The monoisotopic (exact) mass is 472 g/mol. The Balaban J connectivity index is 1.93. The van der Waals surface area contributed by atoms with Gasteiger partial charge in [-0.1, -0.05) is 57.4 Å². The number of nitrogens with zero attached hydrogens (tertiary/aromatic N) is 1. The summed E-state index contributed by atoms with van der Waals surface area (Å²) in [5.74, 6) is -0.426. The number of nitrogens with one attached hydrogen (secondary N) is 1. The van der Waals surface area contributed by atoms with Crippen molar-refractivity contribution in [3.63, 3.8) is 0 Å². The van der Waals surface area contributed by atoms with Crippen LogP contribution in [0.15, 0.2) is 82.2 Å². The molecule has 0 aromatic heterocycles. The summed E-state index contributed by atoms with van der Waals surface area (Å²) in [4.78, 5) is 12.8. The average molecular weight is 473 g/mol. The standard InChI is InChI=1S/C22H21BrN2O3S/c1-16-6-10-19(11-7-16)24-22(26)15-25(20-5-3-4-18(23)14-20)29(27,28)21-12-8-17(2)9-13-21/h3-14H,15H2,1-2H3,(H,24,26). The van der Waals surface area contributed by atoms with E-state index in [0.717, 1.165) is 19.9 Å². The number of amides is 1. The minimum atomic E-state index is -3.93. The highest BCUT2D eigenvalue weighted by molar-refractivity contribution is 9.10. The second-order valence-corrected chi connectivity index (χ2v) is 9.50. The van der Waals surface area contributed by atoms with Gasteiger partial charge in [0.1, 0.15) is 6.54 Å². The number of carbonyl (C=O) groups excluding carboxylic acids is 1. The van der Waals surface area contributed by atoms with E-state index in [0.29, 0.717) is 11.4 Å². The van der Waals surface area contributed by atoms with Gasteiger partial charge in [0, 0.05) is 10.2 Å². The summed E-state index contributed by atoms with van der Waals surface area (Å²) < 4.78 is 28.5. The molecule has 0 fully saturated rings. The summed E-state index contributed by atoms with van der Waals surface area (Å²) >= 11 is 3.37. The van der Waals surface area contributed by atoms with Crippen molar-refractivity contribution in [2.24, 2.45) is 0 Å². The Morgan fingerprint density at radius 3 is 2.10 bits per heavy atom. The normalized spacial score (nSPS) is 11.1. The molecular formula is C22H21BrN2O3S. The molecule has 0 bridgehead atoms. The fourth-order valence-electron chi connectivity index (χ4n) is 2.75. The highest BCUT2D eigenvalue weighted by Crippen LogP contribution is 2.26. The number of anilines is 2. The molecule has 1 N–H and O–H groups in total. The number of aryl methyl sites for hydroxylation is 2. The second-order valence-electron chi connectivity index (χ2n) is 6.72. The second kappa shape index (κ2) is 8.80. The van der Waals surface area contributed by atoms with Gasteiger partial charge < -0.3 is 5.32 Å². The Morgan fingerprint density at radius 2 is 1.52 bits per heavy atom. The molecule has 0 aliphatic carbocycles. The molecule has 0 heterocycles. The van der Waals surface area contributed by atoms with E-state index in [9.17, 15) is 13.2 Å². The van der Waals surface area contributed by atoms with E-state index < -0.39 is 15.9 Å². The van der Waals surface area contributed by atoms with Crippen molar-refractivity contribution in [1.82, 2.24) is 0 Å². The third kappa shape index (κ3) is 5.25. The lowest BCUT2D eigenvalue weighted by atomic mass is 10.2. The number of rotatable bonds is 6. The van der Waals surface area contributed by atoms with Crippen molar-refractivity contribution >= 4 is 43.2 Å². The Hall–Kier alpha value is -2.64. The zero-order chi connectivity index (χ0) is 21.0. The molecule has 0 saturated carbocycles. The first-order valence-electron chi connectivity index (χ1n) is 8.97. The summed E-state index contributed by atoms with van der Waals surface area (Å²) in [6.45, 7) is 3.49. The summed E-state index contributed by atoms with van der Waals surface area (Å²) in [7, 11) is -3.93. The molecule has 0 unspecified atom stereocenters. The predicted octanol–water partition coefficient (Wildman–Crippen LogP) is 4.90. The number of hydrogen-bond donors (Lipinski definition) is 1. The van der Waals surface area contributed by atoms with Crippen LogP contribution in [0, 0.1) is 13.8 Å². The molecule has 0 aliphatic heterocycles. The van der Waals surface area contributed by atoms with Crippen molar-refractivity contribution in [2.45, 2.75) is 18.7 Å². The van der Waals surface area contributed by atoms with Gasteiger partial charge >= 0.3 is 0 Å². The first kappa shape index (κ1) is 21.1. The molecule has 0 aliphatic rings. The minimum Gasteiger partial charge on any atom is -0.325 e. The predicted molar refractivity (Wildman–Crippen MR) is 120 cm³/mol. The Morgan fingerprint density at radius 1 is 0.931 bits per heavy atom. The highest BCUT2D eigenvalue weighted by atomic mass is 79.9. The Kier molecular flexibility index (Phi) is 6.39. The molecule has 0 atom stereocenters. The first-order chi connectivity index (χ1) is 13.8. The zero-order valence-electron chi connectivity index (χ0n) is 16.1. The first-order valence-corrected chi connectivity index (χ1v) is 11.2. The quantitative estimate of drug-likeness (QED) is 0.554. The van der Waals surface area contributed by atoms with Gasteiger partial charge in [0.05, 0.1) is 10.6 Å². The SMILES string of the molecule is Cc1ccc(NC(=O)CN(c2cccc(Br)c2)S(=O)(=O)c2ccc(C)cc2)cc1. The van der Waals surface area contributed by atoms with Gasteiger partial charge in [0.25, 0.3) is 10.0 Å². The summed E-state index contributed by atoms with van der Waals surface area (Å²) in [5.41, 5.74) is 3.04. The van der Waals surface area contributed by atoms with E-state index in [2.05, 4.69) is 21.2 Å². The number of carbonyl (C=O) groups is 1. The molecule has 0 saturated heterocycles. The van der Waals surface area contributed by atoms with Crippen LogP contribution >= 0.6 is 15.9 Å². The maximum atomic E-state index is 13.3. The minimum absolute atomic E-state index is 0.131. The van der Waals surface area contributed by atoms with Crippen molar-refractivity contribution in [1.29, 1.82) is 0 Å². The summed E-state index contributed by atoms with van der Waals surface area (Å²) in [6, 6.07) is 20.8. The number of hydrogen-bond acceptors (Lipinski definition) is 3. The van der Waals surface area contributed by atoms with Crippen molar-refractivity contribution < 1.29 is 13.2 Å². The molecule has 3 aromatic carbocycles. The van der Waals surface area contributed by atoms with E-state index in [-0.39, 0.29) is 11.4 Å². The molecule has 150 valence electrons. The van der Waals surface area contributed by atoms with Crippen molar-refractivity contribution in [3.05, 3.63) is 88.4 Å². The molecule has 3 aromatic rings. The van der Waals surface area contributed by atoms with Gasteiger partial charge in [-0.15, -0.1) is 0 Å². The number of halogens is 1. The molecule has 29 heavy (non-hydrogen) atoms. The Labute approximate surface area is 179 Å². The van der Waals surface area contributed by atoms with Gasteiger partial charge in [0.15, 0.2) is 0 Å².